The van der Waals surface area contributed by atoms with Crippen LogP contribution < -0.4 is 0 Å². The van der Waals surface area contributed by atoms with Gasteiger partial charge in [0, 0.05) is 12.8 Å². The summed E-state index contributed by atoms with van der Waals surface area (Å²) >= 11 is 0. The van der Waals surface area contributed by atoms with Crippen molar-refractivity contribution in [2.75, 3.05) is 13.7 Å². The molecule has 0 N–H and O–H groups in total. The van der Waals surface area contributed by atoms with Crippen LogP contribution in [0.4, 0.5) is 0 Å². The van der Waals surface area contributed by atoms with Gasteiger partial charge in [0.2, 0.25) is 0 Å². The van der Waals surface area contributed by atoms with E-state index in [1.165, 1.54) is 32.8 Å². The number of hydrogen-bond acceptors (Lipinski definition) is 4. The first-order valence-corrected chi connectivity index (χ1v) is 7.43. The highest BCUT2D eigenvalue weighted by molar-refractivity contribution is 5.69. The van der Waals surface area contributed by atoms with Crippen LogP contribution in [-0.4, -0.2) is 25.7 Å². The Morgan fingerprint density at radius 3 is 1.58 bits per heavy atom. The van der Waals surface area contributed by atoms with Crippen molar-refractivity contribution in [3.05, 3.63) is 0 Å². The topological polar surface area (TPSA) is 52.6 Å². The lowest BCUT2D eigenvalue weighted by molar-refractivity contribution is -0.143. The zero-order valence-corrected chi connectivity index (χ0v) is 12.4. The highest BCUT2D eigenvalue weighted by Crippen LogP contribution is 2.11. The van der Waals surface area contributed by atoms with Crippen molar-refractivity contribution in [2.24, 2.45) is 0 Å². The van der Waals surface area contributed by atoms with Crippen LogP contribution in [0.25, 0.3) is 0 Å². The molecule has 0 aliphatic carbocycles. The van der Waals surface area contributed by atoms with E-state index in [1.54, 1.807) is 0 Å². The average Bonchev–Trinajstić information content (AvgIpc) is 2.40. The van der Waals surface area contributed by atoms with Gasteiger partial charge in [-0.25, -0.2) is 0 Å². The summed E-state index contributed by atoms with van der Waals surface area (Å²) in [4.78, 5) is 21.9. The summed E-state index contributed by atoms with van der Waals surface area (Å²) in [5.41, 5.74) is 0. The van der Waals surface area contributed by atoms with Crippen LogP contribution in [0.5, 0.6) is 0 Å². The molecule has 0 aromatic carbocycles. The fourth-order valence-electron chi connectivity index (χ4n) is 1.93. The first-order valence-electron chi connectivity index (χ1n) is 7.43. The molecule has 0 aromatic heterocycles. The molecule has 4 heteroatoms. The van der Waals surface area contributed by atoms with E-state index in [0.717, 1.165) is 25.7 Å². The lowest BCUT2D eigenvalue weighted by Gasteiger charge is -2.03. The van der Waals surface area contributed by atoms with Gasteiger partial charge in [-0.15, -0.1) is 0 Å². The predicted octanol–water partition coefficient (Wildman–Crippen LogP) is 3.62. The molecular weight excluding hydrogens is 244 g/mol. The maximum Gasteiger partial charge on any atom is 0.305 e. The number of carbonyl (C=O) groups is 2. The molecule has 4 nitrogen and oxygen atoms in total. The van der Waals surface area contributed by atoms with Crippen LogP contribution in [0.2, 0.25) is 0 Å². The molecule has 0 amide bonds. The first-order chi connectivity index (χ1) is 9.20. The van der Waals surface area contributed by atoms with Crippen LogP contribution in [0.3, 0.4) is 0 Å². The second kappa shape index (κ2) is 13.4. The zero-order chi connectivity index (χ0) is 14.3. The standard InChI is InChI=1S/C15H28O4/c1-3-19-15(17)13-11-9-7-5-4-6-8-10-12-14(16)18-2/h3-13H2,1-2H3. The summed E-state index contributed by atoms with van der Waals surface area (Å²) < 4.78 is 9.45. The summed E-state index contributed by atoms with van der Waals surface area (Å²) in [6.45, 7) is 2.31. The van der Waals surface area contributed by atoms with Crippen LogP contribution in [0.15, 0.2) is 0 Å². The Morgan fingerprint density at radius 1 is 0.737 bits per heavy atom. The number of unbranched alkanes of at least 4 members (excludes halogenated alkanes) is 7. The Bertz CT molecular complexity index is 238. The number of esters is 2. The minimum Gasteiger partial charge on any atom is -0.469 e. The van der Waals surface area contributed by atoms with E-state index in [9.17, 15) is 9.59 Å². The Hall–Kier alpha value is -1.06. The van der Waals surface area contributed by atoms with Gasteiger partial charge >= 0.3 is 11.9 Å². The smallest absolute Gasteiger partial charge is 0.305 e. The Balaban J connectivity index is 3.11. The minimum atomic E-state index is -0.112. The number of ether oxygens (including phenoxy) is 2. The van der Waals surface area contributed by atoms with Crippen molar-refractivity contribution in [1.82, 2.24) is 0 Å². The van der Waals surface area contributed by atoms with Crippen molar-refractivity contribution >= 4 is 11.9 Å². The van der Waals surface area contributed by atoms with E-state index in [1.807, 2.05) is 6.92 Å². The maximum atomic E-state index is 11.1. The van der Waals surface area contributed by atoms with E-state index in [4.69, 9.17) is 4.74 Å². The quantitative estimate of drug-likeness (QED) is 0.402. The summed E-state index contributed by atoms with van der Waals surface area (Å²) in [6.07, 6.45) is 9.91. The normalized spacial score (nSPS) is 10.2. The molecule has 0 aliphatic heterocycles. The van der Waals surface area contributed by atoms with Gasteiger partial charge < -0.3 is 9.47 Å². The molecule has 0 heterocycles. The highest BCUT2D eigenvalue weighted by Gasteiger charge is 2.01. The van der Waals surface area contributed by atoms with Crippen LogP contribution in [0, 0.1) is 0 Å². The van der Waals surface area contributed by atoms with Crippen molar-refractivity contribution < 1.29 is 19.1 Å². The molecule has 0 bridgehead atoms. The van der Waals surface area contributed by atoms with E-state index in [0.29, 0.717) is 19.4 Å². The predicted molar refractivity (Wildman–Crippen MR) is 74.8 cm³/mol. The van der Waals surface area contributed by atoms with Gasteiger partial charge in [0.1, 0.15) is 0 Å². The summed E-state index contributed by atoms with van der Waals surface area (Å²) in [6, 6.07) is 0. The van der Waals surface area contributed by atoms with Gasteiger partial charge in [-0.05, 0) is 19.8 Å². The van der Waals surface area contributed by atoms with E-state index in [-0.39, 0.29) is 11.9 Å². The Morgan fingerprint density at radius 2 is 1.16 bits per heavy atom. The third-order valence-corrected chi connectivity index (χ3v) is 3.04. The lowest BCUT2D eigenvalue weighted by atomic mass is 10.1. The molecule has 0 saturated carbocycles. The average molecular weight is 272 g/mol. The van der Waals surface area contributed by atoms with E-state index >= 15 is 0 Å². The van der Waals surface area contributed by atoms with Gasteiger partial charge in [-0.2, -0.15) is 0 Å². The van der Waals surface area contributed by atoms with Gasteiger partial charge in [-0.1, -0.05) is 38.5 Å². The number of rotatable bonds is 12. The fraction of sp³-hybridized carbons (Fsp3) is 0.867. The van der Waals surface area contributed by atoms with Gasteiger partial charge in [0.05, 0.1) is 13.7 Å². The molecule has 0 spiro atoms. The lowest BCUT2D eigenvalue weighted by Crippen LogP contribution is -2.03. The third-order valence-electron chi connectivity index (χ3n) is 3.04. The van der Waals surface area contributed by atoms with E-state index in [2.05, 4.69) is 4.74 Å². The summed E-state index contributed by atoms with van der Waals surface area (Å²) in [7, 11) is 1.43. The van der Waals surface area contributed by atoms with Crippen LogP contribution in [0.1, 0.15) is 71.1 Å². The number of methoxy groups -OCH3 is 1. The molecule has 0 saturated heterocycles. The molecule has 0 rings (SSSR count). The largest absolute Gasteiger partial charge is 0.469 e. The second-order valence-corrected chi connectivity index (χ2v) is 4.71. The summed E-state index contributed by atoms with van der Waals surface area (Å²) in [5, 5.41) is 0. The highest BCUT2D eigenvalue weighted by atomic mass is 16.5. The van der Waals surface area contributed by atoms with Crippen LogP contribution >= 0.6 is 0 Å². The molecule has 0 aliphatic rings. The molecule has 0 unspecified atom stereocenters. The zero-order valence-electron chi connectivity index (χ0n) is 12.4. The third kappa shape index (κ3) is 13.2. The van der Waals surface area contributed by atoms with Gasteiger partial charge in [0.15, 0.2) is 0 Å². The first kappa shape index (κ1) is 17.9. The fourth-order valence-corrected chi connectivity index (χ4v) is 1.93. The van der Waals surface area contributed by atoms with Gasteiger partial charge in [-0.3, -0.25) is 9.59 Å². The SMILES string of the molecule is CCOC(=O)CCCCCCCCCCC(=O)OC. The van der Waals surface area contributed by atoms with Crippen molar-refractivity contribution in [2.45, 2.75) is 71.1 Å². The number of carbonyl (C=O) groups excluding carboxylic acids is 2. The maximum absolute atomic E-state index is 11.1. The molecular formula is C15H28O4. The van der Waals surface area contributed by atoms with Gasteiger partial charge in [0.25, 0.3) is 0 Å². The molecule has 0 fully saturated rings. The van der Waals surface area contributed by atoms with Crippen molar-refractivity contribution in [3.8, 4) is 0 Å². The molecule has 0 radical (unpaired) electrons. The second-order valence-electron chi connectivity index (χ2n) is 4.71. The minimum absolute atomic E-state index is 0.0784. The Labute approximate surface area is 116 Å². The molecule has 112 valence electrons. The van der Waals surface area contributed by atoms with Crippen molar-refractivity contribution in [1.29, 1.82) is 0 Å². The van der Waals surface area contributed by atoms with Crippen LogP contribution in [-0.2, 0) is 19.1 Å². The molecule has 0 aromatic rings. The monoisotopic (exact) mass is 272 g/mol. The molecule has 19 heavy (non-hydrogen) atoms. The van der Waals surface area contributed by atoms with E-state index < -0.39 is 0 Å². The summed E-state index contributed by atoms with van der Waals surface area (Å²) in [5.74, 6) is -0.190. The van der Waals surface area contributed by atoms with Crippen molar-refractivity contribution in [3.63, 3.8) is 0 Å². The molecule has 0 atom stereocenters. The number of hydrogen-bond donors (Lipinski definition) is 0. The Kier molecular flexibility index (Phi) is 12.6.